The number of halogens is 2. The molecule has 1 aliphatic rings. The first kappa shape index (κ1) is 16.0. The summed E-state index contributed by atoms with van der Waals surface area (Å²) >= 11 is 11.6. The van der Waals surface area contributed by atoms with Crippen LogP contribution in [0.1, 0.15) is 18.9 Å². The molecule has 1 heterocycles. The number of phenolic OH excluding ortho intramolecular Hbond substituents is 1. The van der Waals surface area contributed by atoms with Crippen molar-refractivity contribution in [2.75, 3.05) is 13.2 Å². The van der Waals surface area contributed by atoms with Gasteiger partial charge in [0.25, 0.3) is 0 Å². The quantitative estimate of drug-likeness (QED) is 0.654. The van der Waals surface area contributed by atoms with Crippen molar-refractivity contribution in [2.45, 2.75) is 19.1 Å². The lowest BCUT2D eigenvalue weighted by Gasteiger charge is -2.20. The smallest absolute Gasteiger partial charge is 0.245 e. The Hall–Kier alpha value is -1.34. The fourth-order valence-electron chi connectivity index (χ4n) is 1.85. The number of aromatic hydroxyl groups is 1. The van der Waals surface area contributed by atoms with Crippen LogP contribution in [0.2, 0.25) is 10.0 Å². The van der Waals surface area contributed by atoms with Gasteiger partial charge in [-0.2, -0.15) is 5.10 Å². The van der Waals surface area contributed by atoms with Crippen LogP contribution in [0.15, 0.2) is 17.2 Å². The summed E-state index contributed by atoms with van der Waals surface area (Å²) < 4.78 is 10.6. The highest BCUT2D eigenvalue weighted by molar-refractivity contribution is 6.36. The minimum Gasteiger partial charge on any atom is -0.506 e. The third kappa shape index (κ3) is 4.31. The lowest BCUT2D eigenvalue weighted by molar-refractivity contribution is -0.159. The summed E-state index contributed by atoms with van der Waals surface area (Å²) in [6, 6.07) is 2.88. The summed E-state index contributed by atoms with van der Waals surface area (Å²) in [6.07, 6.45) is 1.27. The summed E-state index contributed by atoms with van der Waals surface area (Å²) in [4.78, 5) is 11.7. The van der Waals surface area contributed by atoms with Gasteiger partial charge in [-0.3, -0.25) is 4.79 Å². The standard InChI is InChI=1S/C13H14Cl2N2O4/c1-13(20-2-3-21-13)6-11(18)17-16-7-8-4-9(14)5-10(15)12(8)19/h4-5,7,19H,2-3,6H2,1H3,(H,17,18)/b16-7+. The van der Waals surface area contributed by atoms with E-state index in [1.165, 1.54) is 18.3 Å². The van der Waals surface area contributed by atoms with Crippen LogP contribution in [0.3, 0.4) is 0 Å². The van der Waals surface area contributed by atoms with Gasteiger partial charge >= 0.3 is 0 Å². The number of phenols is 1. The molecule has 2 N–H and O–H groups in total. The number of nitrogens with one attached hydrogen (secondary N) is 1. The number of carbonyl (C=O) groups excluding carboxylic acids is 1. The molecule has 21 heavy (non-hydrogen) atoms. The highest BCUT2D eigenvalue weighted by Gasteiger charge is 2.33. The first-order valence-electron chi connectivity index (χ1n) is 6.17. The number of carbonyl (C=O) groups is 1. The molecule has 1 amide bonds. The van der Waals surface area contributed by atoms with Gasteiger partial charge < -0.3 is 14.6 Å². The van der Waals surface area contributed by atoms with Crippen LogP contribution < -0.4 is 5.43 Å². The Kier molecular flexibility index (Phi) is 5.05. The highest BCUT2D eigenvalue weighted by Crippen LogP contribution is 2.30. The summed E-state index contributed by atoms with van der Waals surface area (Å²) in [6.45, 7) is 2.61. The third-order valence-electron chi connectivity index (χ3n) is 2.83. The molecule has 0 atom stereocenters. The number of benzene rings is 1. The average molecular weight is 333 g/mol. The molecule has 0 spiro atoms. The fourth-order valence-corrected chi connectivity index (χ4v) is 2.36. The van der Waals surface area contributed by atoms with E-state index in [-0.39, 0.29) is 23.1 Å². The predicted molar refractivity (Wildman–Crippen MR) is 78.8 cm³/mol. The van der Waals surface area contributed by atoms with Crippen molar-refractivity contribution in [1.29, 1.82) is 0 Å². The van der Waals surface area contributed by atoms with Crippen LogP contribution in [0.25, 0.3) is 0 Å². The number of rotatable bonds is 4. The van der Waals surface area contributed by atoms with Crippen molar-refractivity contribution in [3.05, 3.63) is 27.7 Å². The Morgan fingerprint density at radius 2 is 2.14 bits per heavy atom. The molecule has 2 rings (SSSR count). The lowest BCUT2D eigenvalue weighted by Crippen LogP contribution is -2.33. The summed E-state index contributed by atoms with van der Waals surface area (Å²) in [5.41, 5.74) is 2.62. The summed E-state index contributed by atoms with van der Waals surface area (Å²) in [5.74, 6) is -1.45. The van der Waals surface area contributed by atoms with Crippen LogP contribution in [-0.2, 0) is 14.3 Å². The minimum absolute atomic E-state index is 0.0205. The van der Waals surface area contributed by atoms with E-state index in [1.54, 1.807) is 6.92 Å². The second-order valence-electron chi connectivity index (χ2n) is 4.63. The Balaban J connectivity index is 1.95. The SMILES string of the molecule is CC1(CC(=O)N/N=C/c2cc(Cl)cc(Cl)c2O)OCCO1. The van der Waals surface area contributed by atoms with Gasteiger partial charge in [0.15, 0.2) is 5.79 Å². The molecule has 1 aliphatic heterocycles. The molecule has 1 aromatic rings. The molecular formula is C13H14Cl2N2O4. The van der Waals surface area contributed by atoms with Crippen molar-refractivity contribution in [2.24, 2.45) is 5.10 Å². The molecule has 0 bridgehead atoms. The second kappa shape index (κ2) is 6.62. The number of amides is 1. The number of hydrogen-bond donors (Lipinski definition) is 2. The van der Waals surface area contributed by atoms with E-state index in [9.17, 15) is 9.90 Å². The molecule has 0 aromatic heterocycles. The van der Waals surface area contributed by atoms with Gasteiger partial charge in [0.2, 0.25) is 5.91 Å². The van der Waals surface area contributed by atoms with E-state index >= 15 is 0 Å². The molecule has 0 unspecified atom stereocenters. The Morgan fingerprint density at radius 3 is 2.81 bits per heavy atom. The number of nitrogens with zero attached hydrogens (tertiary/aromatic N) is 1. The Bertz CT molecular complexity index is 572. The molecule has 6 nitrogen and oxygen atoms in total. The van der Waals surface area contributed by atoms with E-state index in [1.807, 2.05) is 0 Å². The predicted octanol–water partition coefficient (Wildman–Crippen LogP) is 2.30. The third-order valence-corrected chi connectivity index (χ3v) is 3.34. The zero-order valence-electron chi connectivity index (χ0n) is 11.2. The minimum atomic E-state index is -0.916. The lowest BCUT2D eigenvalue weighted by atomic mass is 10.2. The molecule has 114 valence electrons. The maximum absolute atomic E-state index is 11.7. The molecular weight excluding hydrogens is 319 g/mol. The molecule has 1 saturated heterocycles. The van der Waals surface area contributed by atoms with Crippen LogP contribution in [0, 0.1) is 0 Å². The van der Waals surface area contributed by atoms with Gasteiger partial charge in [0, 0.05) is 10.6 Å². The van der Waals surface area contributed by atoms with Crippen molar-refractivity contribution >= 4 is 35.3 Å². The average Bonchev–Trinajstić information content (AvgIpc) is 2.81. The maximum Gasteiger partial charge on any atom is 0.245 e. The first-order valence-corrected chi connectivity index (χ1v) is 6.93. The van der Waals surface area contributed by atoms with Crippen LogP contribution in [0.5, 0.6) is 5.75 Å². The summed E-state index contributed by atoms with van der Waals surface area (Å²) in [7, 11) is 0. The largest absolute Gasteiger partial charge is 0.506 e. The molecule has 1 fully saturated rings. The number of ether oxygens (including phenoxy) is 2. The van der Waals surface area contributed by atoms with Crippen LogP contribution >= 0.6 is 23.2 Å². The van der Waals surface area contributed by atoms with Crippen LogP contribution in [0.4, 0.5) is 0 Å². The van der Waals surface area contributed by atoms with E-state index in [0.29, 0.717) is 23.8 Å². The molecule has 1 aromatic carbocycles. The zero-order chi connectivity index (χ0) is 15.5. The number of hydrogen-bond acceptors (Lipinski definition) is 5. The molecule has 0 saturated carbocycles. The van der Waals surface area contributed by atoms with Gasteiger partial charge in [0.1, 0.15) is 5.75 Å². The van der Waals surface area contributed by atoms with Gasteiger partial charge in [-0.1, -0.05) is 23.2 Å². The van der Waals surface area contributed by atoms with E-state index in [0.717, 1.165) is 0 Å². The fraction of sp³-hybridized carbons (Fsp3) is 0.385. The maximum atomic E-state index is 11.7. The van der Waals surface area contributed by atoms with Crippen molar-refractivity contribution in [1.82, 2.24) is 5.43 Å². The van der Waals surface area contributed by atoms with E-state index < -0.39 is 5.79 Å². The van der Waals surface area contributed by atoms with E-state index in [2.05, 4.69) is 10.5 Å². The van der Waals surface area contributed by atoms with Crippen molar-refractivity contribution in [3.8, 4) is 5.75 Å². The van der Waals surface area contributed by atoms with Crippen molar-refractivity contribution in [3.63, 3.8) is 0 Å². The Morgan fingerprint density at radius 1 is 1.48 bits per heavy atom. The molecule has 8 heteroatoms. The van der Waals surface area contributed by atoms with Gasteiger partial charge in [-0.15, -0.1) is 0 Å². The molecule has 0 aliphatic carbocycles. The van der Waals surface area contributed by atoms with Gasteiger partial charge in [-0.05, 0) is 19.1 Å². The summed E-state index contributed by atoms with van der Waals surface area (Å²) in [5, 5.41) is 13.9. The van der Waals surface area contributed by atoms with Crippen LogP contribution in [-0.4, -0.2) is 36.2 Å². The number of hydrazone groups is 1. The Labute approximate surface area is 131 Å². The highest BCUT2D eigenvalue weighted by atomic mass is 35.5. The second-order valence-corrected chi connectivity index (χ2v) is 5.47. The first-order chi connectivity index (χ1) is 9.89. The van der Waals surface area contributed by atoms with E-state index in [4.69, 9.17) is 32.7 Å². The van der Waals surface area contributed by atoms with Gasteiger partial charge in [0.05, 0.1) is 30.9 Å². The topological polar surface area (TPSA) is 80.2 Å². The monoisotopic (exact) mass is 332 g/mol. The molecule has 0 radical (unpaired) electrons. The van der Waals surface area contributed by atoms with Gasteiger partial charge in [-0.25, -0.2) is 5.43 Å². The normalized spacial score (nSPS) is 17.3. The zero-order valence-corrected chi connectivity index (χ0v) is 12.7. The van der Waals surface area contributed by atoms with Crippen molar-refractivity contribution < 1.29 is 19.4 Å².